The maximum absolute atomic E-state index is 11.8. The molecule has 21 heavy (non-hydrogen) atoms. The molecule has 7 heteroatoms. The average Bonchev–Trinajstić information content (AvgIpc) is 2.99. The molecule has 108 valence electrons. The Balaban J connectivity index is 2.34. The van der Waals surface area contributed by atoms with Crippen LogP contribution in [0.4, 0.5) is 5.69 Å². The van der Waals surface area contributed by atoms with E-state index in [2.05, 4.69) is 0 Å². The summed E-state index contributed by atoms with van der Waals surface area (Å²) >= 11 is 1.30. The minimum absolute atomic E-state index is 0.132. The fourth-order valence-corrected chi connectivity index (χ4v) is 2.31. The molecule has 0 aliphatic carbocycles. The van der Waals surface area contributed by atoms with Gasteiger partial charge in [-0.2, -0.15) is 0 Å². The maximum atomic E-state index is 11.8. The molecule has 0 N–H and O–H groups in total. The number of nitro groups is 1. The molecule has 2 aromatic rings. The van der Waals surface area contributed by atoms with E-state index in [0.29, 0.717) is 10.4 Å². The van der Waals surface area contributed by atoms with Gasteiger partial charge >= 0.3 is 0 Å². The van der Waals surface area contributed by atoms with Crippen LogP contribution in [0.3, 0.4) is 0 Å². The van der Waals surface area contributed by atoms with Crippen LogP contribution in [0, 0.1) is 10.1 Å². The first-order valence-electron chi connectivity index (χ1n) is 5.82. The van der Waals surface area contributed by atoms with E-state index in [9.17, 15) is 20.0 Å². The Bertz CT molecular complexity index is 706. The summed E-state index contributed by atoms with van der Waals surface area (Å²) in [4.78, 5) is 22.4. The van der Waals surface area contributed by atoms with Crippen LogP contribution in [0.5, 0.6) is 11.5 Å². The SMILES string of the molecule is COc1cc(/C=C/C(=O)c2cccs2)cc([N+](=O)[O-])c1[O-]. The van der Waals surface area contributed by atoms with E-state index < -0.39 is 16.4 Å². The minimum atomic E-state index is -0.788. The summed E-state index contributed by atoms with van der Waals surface area (Å²) in [6.45, 7) is 0. The number of carbonyl (C=O) groups excluding carboxylic acids is 1. The number of nitrogens with zero attached hydrogens (tertiary/aromatic N) is 1. The molecule has 0 spiro atoms. The summed E-state index contributed by atoms with van der Waals surface area (Å²) in [5, 5.41) is 24.3. The van der Waals surface area contributed by atoms with Gasteiger partial charge in [-0.25, -0.2) is 0 Å². The topological polar surface area (TPSA) is 92.5 Å². The second-order valence-electron chi connectivity index (χ2n) is 4.00. The van der Waals surface area contributed by atoms with Gasteiger partial charge in [-0.05, 0) is 29.2 Å². The van der Waals surface area contributed by atoms with Crippen molar-refractivity contribution in [3.63, 3.8) is 0 Å². The lowest BCUT2D eigenvalue weighted by Gasteiger charge is -2.13. The largest absolute Gasteiger partial charge is 0.865 e. The van der Waals surface area contributed by atoms with Crippen LogP contribution in [0.15, 0.2) is 35.7 Å². The van der Waals surface area contributed by atoms with Crippen molar-refractivity contribution in [2.45, 2.75) is 0 Å². The zero-order valence-corrected chi connectivity index (χ0v) is 11.8. The van der Waals surface area contributed by atoms with Gasteiger partial charge in [-0.15, -0.1) is 11.3 Å². The summed E-state index contributed by atoms with van der Waals surface area (Å²) in [5.41, 5.74) is -0.236. The number of rotatable bonds is 5. The molecule has 0 radical (unpaired) electrons. The normalized spacial score (nSPS) is 10.7. The number of ether oxygens (including phenoxy) is 1. The van der Waals surface area contributed by atoms with Gasteiger partial charge in [-0.1, -0.05) is 12.1 Å². The molecule has 0 aliphatic rings. The van der Waals surface area contributed by atoms with Crippen LogP contribution in [0.25, 0.3) is 6.08 Å². The van der Waals surface area contributed by atoms with Crippen molar-refractivity contribution in [2.75, 3.05) is 7.11 Å². The molecule has 0 saturated heterocycles. The summed E-state index contributed by atoms with van der Waals surface area (Å²) in [6.07, 6.45) is 2.71. The Morgan fingerprint density at radius 1 is 1.43 bits per heavy atom. The highest BCUT2D eigenvalue weighted by Crippen LogP contribution is 2.34. The van der Waals surface area contributed by atoms with Gasteiger partial charge < -0.3 is 9.84 Å². The van der Waals surface area contributed by atoms with E-state index in [1.165, 1.54) is 36.7 Å². The van der Waals surface area contributed by atoms with Gasteiger partial charge in [-0.3, -0.25) is 14.9 Å². The monoisotopic (exact) mass is 304 g/mol. The van der Waals surface area contributed by atoms with Gasteiger partial charge in [0.25, 0.3) is 5.69 Å². The first-order valence-corrected chi connectivity index (χ1v) is 6.70. The van der Waals surface area contributed by atoms with Gasteiger partial charge in [0.2, 0.25) is 0 Å². The Morgan fingerprint density at radius 3 is 2.76 bits per heavy atom. The van der Waals surface area contributed by atoms with Crippen molar-refractivity contribution in [3.05, 3.63) is 56.3 Å². The van der Waals surface area contributed by atoms with Gasteiger partial charge in [0.05, 0.1) is 16.9 Å². The molecule has 0 bridgehead atoms. The number of carbonyl (C=O) groups is 1. The quantitative estimate of drug-likeness (QED) is 0.366. The molecule has 6 nitrogen and oxygen atoms in total. The van der Waals surface area contributed by atoms with Crippen LogP contribution in [0.1, 0.15) is 15.2 Å². The molecule has 0 atom stereocenters. The predicted octanol–water partition coefficient (Wildman–Crippen LogP) is 2.63. The molecule has 1 heterocycles. The third kappa shape index (κ3) is 3.26. The van der Waals surface area contributed by atoms with Crippen molar-refractivity contribution in [3.8, 4) is 11.5 Å². The van der Waals surface area contributed by atoms with Crippen molar-refractivity contribution in [1.29, 1.82) is 0 Å². The third-order valence-corrected chi connectivity index (χ3v) is 3.55. The van der Waals surface area contributed by atoms with Gasteiger partial charge in [0.15, 0.2) is 5.78 Å². The number of nitro benzene ring substituents is 1. The molecule has 1 aromatic carbocycles. The first-order chi connectivity index (χ1) is 10.0. The number of ketones is 1. The highest BCUT2D eigenvalue weighted by atomic mass is 32.1. The summed E-state index contributed by atoms with van der Waals surface area (Å²) < 4.78 is 4.82. The van der Waals surface area contributed by atoms with Gasteiger partial charge in [0.1, 0.15) is 5.75 Å². The highest BCUT2D eigenvalue weighted by molar-refractivity contribution is 7.12. The second-order valence-corrected chi connectivity index (χ2v) is 4.95. The first kappa shape index (κ1) is 14.7. The smallest absolute Gasteiger partial charge is 0.266 e. The standard InChI is InChI=1S/C14H11NO5S/c1-20-12-8-9(7-10(14(12)17)15(18)19)4-5-11(16)13-3-2-6-21-13/h2-8,17H,1H3/p-1/b5-4+. The molecule has 0 aliphatic heterocycles. The zero-order valence-electron chi connectivity index (χ0n) is 10.9. The summed E-state index contributed by atoms with van der Waals surface area (Å²) in [5.74, 6) is -1.13. The zero-order chi connectivity index (χ0) is 15.4. The third-order valence-electron chi connectivity index (χ3n) is 2.67. The fourth-order valence-electron chi connectivity index (χ4n) is 1.66. The number of methoxy groups -OCH3 is 1. The van der Waals surface area contributed by atoms with Crippen molar-refractivity contribution < 1.29 is 19.6 Å². The van der Waals surface area contributed by atoms with Gasteiger partial charge in [0, 0.05) is 11.8 Å². The number of thiophene rings is 1. The molecule has 0 saturated carbocycles. The van der Waals surface area contributed by atoms with E-state index in [-0.39, 0.29) is 11.5 Å². The average molecular weight is 304 g/mol. The van der Waals surface area contributed by atoms with Crippen LogP contribution < -0.4 is 9.84 Å². The molecular formula is C14H10NO5S-. The van der Waals surface area contributed by atoms with E-state index >= 15 is 0 Å². The minimum Gasteiger partial charge on any atom is -0.865 e. The maximum Gasteiger partial charge on any atom is 0.266 e. The predicted molar refractivity (Wildman–Crippen MR) is 76.8 cm³/mol. The Kier molecular flexibility index (Phi) is 4.34. The van der Waals surface area contributed by atoms with Crippen molar-refractivity contribution in [1.82, 2.24) is 0 Å². The lowest BCUT2D eigenvalue weighted by Crippen LogP contribution is -2.01. The Morgan fingerprint density at radius 2 is 2.19 bits per heavy atom. The number of hydrogen-bond donors (Lipinski definition) is 0. The fraction of sp³-hybridized carbons (Fsp3) is 0.0714. The Hall–Kier alpha value is -2.67. The van der Waals surface area contributed by atoms with Crippen LogP contribution in [0.2, 0.25) is 0 Å². The molecule has 2 rings (SSSR count). The lowest BCUT2D eigenvalue weighted by atomic mass is 10.1. The molecular weight excluding hydrogens is 294 g/mol. The summed E-state index contributed by atoms with van der Waals surface area (Å²) in [7, 11) is 1.25. The van der Waals surface area contributed by atoms with Crippen LogP contribution in [-0.2, 0) is 0 Å². The van der Waals surface area contributed by atoms with E-state index in [4.69, 9.17) is 4.74 Å². The van der Waals surface area contributed by atoms with Crippen LogP contribution in [-0.4, -0.2) is 17.8 Å². The number of hydrogen-bond acceptors (Lipinski definition) is 6. The molecule has 0 unspecified atom stereocenters. The number of benzene rings is 1. The lowest BCUT2D eigenvalue weighted by molar-refractivity contribution is -0.398. The van der Waals surface area contributed by atoms with Crippen molar-refractivity contribution >= 4 is 28.9 Å². The highest BCUT2D eigenvalue weighted by Gasteiger charge is 2.12. The molecule has 1 aromatic heterocycles. The van der Waals surface area contributed by atoms with E-state index in [0.717, 1.165) is 6.07 Å². The molecule has 0 fully saturated rings. The number of allylic oxidation sites excluding steroid dienone is 1. The van der Waals surface area contributed by atoms with E-state index in [1.54, 1.807) is 17.5 Å². The van der Waals surface area contributed by atoms with Crippen LogP contribution >= 0.6 is 11.3 Å². The Labute approximate surface area is 124 Å². The molecule has 0 amide bonds. The van der Waals surface area contributed by atoms with E-state index in [1.807, 2.05) is 0 Å². The van der Waals surface area contributed by atoms with Crippen molar-refractivity contribution in [2.24, 2.45) is 0 Å². The second kappa shape index (κ2) is 6.19. The summed E-state index contributed by atoms with van der Waals surface area (Å²) in [6, 6.07) is 5.91.